The molecule has 19 heavy (non-hydrogen) atoms. The molecule has 3 rings (SSSR count). The molecule has 0 aliphatic heterocycles. The maximum absolute atomic E-state index is 8.77. The number of pyridine rings is 1. The van der Waals surface area contributed by atoms with Gasteiger partial charge in [-0.2, -0.15) is 5.26 Å². The fourth-order valence-electron chi connectivity index (χ4n) is 2.57. The van der Waals surface area contributed by atoms with E-state index in [2.05, 4.69) is 34.6 Å². The number of fused-ring (bicyclic) bond motifs is 1. The highest BCUT2D eigenvalue weighted by atomic mass is 15.0. The van der Waals surface area contributed by atoms with Crippen molar-refractivity contribution < 1.29 is 0 Å². The average Bonchev–Trinajstić information content (AvgIpc) is 2.48. The molecule has 1 aromatic carbocycles. The van der Waals surface area contributed by atoms with Gasteiger partial charge in [-0.15, -0.1) is 0 Å². The van der Waals surface area contributed by atoms with Crippen molar-refractivity contribution in [2.45, 2.75) is 25.7 Å². The molecule has 0 unspecified atom stereocenters. The fraction of sp³-hybridized carbons (Fsp3) is 0.250. The number of nitriles is 1. The van der Waals surface area contributed by atoms with Gasteiger partial charge >= 0.3 is 0 Å². The van der Waals surface area contributed by atoms with Gasteiger partial charge in [-0.05, 0) is 55.0 Å². The lowest BCUT2D eigenvalue weighted by Crippen LogP contribution is -2.06. The van der Waals surface area contributed by atoms with E-state index in [9.17, 15) is 0 Å². The van der Waals surface area contributed by atoms with Crippen molar-refractivity contribution in [2.75, 3.05) is 5.32 Å². The van der Waals surface area contributed by atoms with Gasteiger partial charge in [0.05, 0.1) is 5.56 Å². The molecule has 1 aliphatic carbocycles. The van der Waals surface area contributed by atoms with Crippen molar-refractivity contribution in [1.82, 2.24) is 4.98 Å². The van der Waals surface area contributed by atoms with Gasteiger partial charge in [0.2, 0.25) is 0 Å². The third-order valence-electron chi connectivity index (χ3n) is 3.55. The van der Waals surface area contributed by atoms with Crippen molar-refractivity contribution in [1.29, 1.82) is 5.26 Å². The van der Waals surface area contributed by atoms with Gasteiger partial charge in [-0.25, -0.2) is 4.98 Å². The van der Waals surface area contributed by atoms with E-state index in [1.165, 1.54) is 30.4 Å². The summed E-state index contributed by atoms with van der Waals surface area (Å²) in [6, 6.07) is 12.1. The van der Waals surface area contributed by atoms with Crippen LogP contribution in [0.2, 0.25) is 0 Å². The van der Waals surface area contributed by atoms with Gasteiger partial charge in [0.25, 0.3) is 0 Å². The molecule has 3 nitrogen and oxygen atoms in total. The van der Waals surface area contributed by atoms with Crippen LogP contribution in [0.1, 0.15) is 29.5 Å². The van der Waals surface area contributed by atoms with Crippen LogP contribution in [0.5, 0.6) is 0 Å². The number of nitrogens with zero attached hydrogens (tertiary/aromatic N) is 2. The summed E-state index contributed by atoms with van der Waals surface area (Å²) < 4.78 is 0. The van der Waals surface area contributed by atoms with E-state index in [1.54, 1.807) is 12.3 Å². The predicted octanol–water partition coefficient (Wildman–Crippen LogP) is 3.58. The molecule has 1 N–H and O–H groups in total. The lowest BCUT2D eigenvalue weighted by molar-refractivity contribution is 0.687. The molecular formula is C16H15N3. The molecule has 0 atom stereocenters. The molecular weight excluding hydrogens is 234 g/mol. The summed E-state index contributed by atoms with van der Waals surface area (Å²) in [5.74, 6) is 0.790. The molecule has 0 saturated carbocycles. The number of nitrogens with one attached hydrogen (secondary N) is 1. The molecule has 0 spiro atoms. The zero-order valence-corrected chi connectivity index (χ0v) is 10.7. The topological polar surface area (TPSA) is 48.7 Å². The zero-order chi connectivity index (χ0) is 13.1. The Labute approximate surface area is 112 Å². The first-order valence-corrected chi connectivity index (χ1v) is 6.61. The summed E-state index contributed by atoms with van der Waals surface area (Å²) >= 11 is 0. The van der Waals surface area contributed by atoms with Crippen LogP contribution in [0.15, 0.2) is 36.5 Å². The van der Waals surface area contributed by atoms with Crippen molar-refractivity contribution in [3.63, 3.8) is 0 Å². The maximum atomic E-state index is 8.77. The van der Waals surface area contributed by atoms with Crippen molar-refractivity contribution in [3.8, 4) is 6.07 Å². The Morgan fingerprint density at radius 1 is 1.11 bits per heavy atom. The van der Waals surface area contributed by atoms with Gasteiger partial charge in [0, 0.05) is 11.9 Å². The normalized spacial score (nSPS) is 13.4. The molecule has 1 aliphatic rings. The van der Waals surface area contributed by atoms with Gasteiger partial charge < -0.3 is 5.32 Å². The van der Waals surface area contributed by atoms with E-state index in [0.29, 0.717) is 5.56 Å². The number of rotatable bonds is 2. The van der Waals surface area contributed by atoms with Crippen molar-refractivity contribution in [2.24, 2.45) is 0 Å². The van der Waals surface area contributed by atoms with Crippen LogP contribution < -0.4 is 5.32 Å². The molecule has 2 aromatic rings. The van der Waals surface area contributed by atoms with Crippen molar-refractivity contribution >= 4 is 11.5 Å². The van der Waals surface area contributed by atoms with E-state index in [0.717, 1.165) is 17.9 Å². The van der Waals surface area contributed by atoms with Crippen LogP contribution in [0, 0.1) is 11.3 Å². The Hall–Kier alpha value is -2.34. The highest BCUT2D eigenvalue weighted by molar-refractivity contribution is 5.63. The summed E-state index contributed by atoms with van der Waals surface area (Å²) in [5.41, 5.74) is 4.60. The molecule has 0 fully saturated rings. The second-order valence-electron chi connectivity index (χ2n) is 4.82. The number of anilines is 2. The lowest BCUT2D eigenvalue weighted by atomic mass is 9.90. The van der Waals surface area contributed by atoms with E-state index in [1.807, 2.05) is 6.07 Å². The number of hydrogen-bond donors (Lipinski definition) is 1. The minimum Gasteiger partial charge on any atom is -0.340 e. The molecule has 1 heterocycles. The number of hydrogen-bond acceptors (Lipinski definition) is 3. The molecule has 0 amide bonds. The second-order valence-corrected chi connectivity index (χ2v) is 4.82. The van der Waals surface area contributed by atoms with Gasteiger partial charge in [-0.1, -0.05) is 12.1 Å². The quantitative estimate of drug-likeness (QED) is 0.885. The van der Waals surface area contributed by atoms with Crippen LogP contribution in [0.3, 0.4) is 0 Å². The standard InChI is InChI=1S/C16H15N3/c17-10-12-8-9-16(18-11-12)19-15-7-3-5-13-4-1-2-6-14(13)15/h3,5,7-9,11H,1-2,4,6H2,(H,18,19). The Bertz CT molecular complexity index is 623. The Morgan fingerprint density at radius 2 is 2.00 bits per heavy atom. The Kier molecular flexibility index (Phi) is 3.16. The summed E-state index contributed by atoms with van der Waals surface area (Å²) in [4.78, 5) is 4.26. The Balaban J connectivity index is 1.88. The van der Waals surface area contributed by atoms with Gasteiger partial charge in [-0.3, -0.25) is 0 Å². The first-order chi connectivity index (χ1) is 9.36. The van der Waals surface area contributed by atoms with Crippen LogP contribution in [-0.2, 0) is 12.8 Å². The fourth-order valence-corrected chi connectivity index (χ4v) is 2.57. The van der Waals surface area contributed by atoms with E-state index < -0.39 is 0 Å². The predicted molar refractivity (Wildman–Crippen MR) is 75.3 cm³/mol. The summed E-state index contributed by atoms with van der Waals surface area (Å²) in [6.45, 7) is 0. The van der Waals surface area contributed by atoms with Crippen LogP contribution >= 0.6 is 0 Å². The van der Waals surface area contributed by atoms with Crippen molar-refractivity contribution in [3.05, 3.63) is 53.2 Å². The summed E-state index contributed by atoms with van der Waals surface area (Å²) in [6.07, 6.45) is 6.44. The number of benzene rings is 1. The molecule has 1 aromatic heterocycles. The summed E-state index contributed by atoms with van der Waals surface area (Å²) in [7, 11) is 0. The number of aromatic nitrogens is 1. The van der Waals surface area contributed by atoms with E-state index >= 15 is 0 Å². The first kappa shape index (κ1) is 11.7. The second kappa shape index (κ2) is 5.11. The third-order valence-corrected chi connectivity index (χ3v) is 3.55. The van der Waals surface area contributed by atoms with Crippen LogP contribution in [0.4, 0.5) is 11.5 Å². The number of aryl methyl sites for hydroxylation is 1. The molecule has 0 bridgehead atoms. The van der Waals surface area contributed by atoms with Crippen LogP contribution in [-0.4, -0.2) is 4.98 Å². The lowest BCUT2D eigenvalue weighted by Gasteiger charge is -2.19. The highest BCUT2D eigenvalue weighted by Crippen LogP contribution is 2.29. The summed E-state index contributed by atoms with van der Waals surface area (Å²) in [5, 5.41) is 12.1. The molecule has 0 saturated heterocycles. The largest absolute Gasteiger partial charge is 0.340 e. The first-order valence-electron chi connectivity index (χ1n) is 6.61. The molecule has 94 valence electrons. The minimum atomic E-state index is 0.584. The maximum Gasteiger partial charge on any atom is 0.130 e. The molecule has 3 heteroatoms. The van der Waals surface area contributed by atoms with Crippen LogP contribution in [0.25, 0.3) is 0 Å². The van der Waals surface area contributed by atoms with E-state index in [4.69, 9.17) is 5.26 Å². The minimum absolute atomic E-state index is 0.584. The smallest absolute Gasteiger partial charge is 0.130 e. The van der Waals surface area contributed by atoms with Gasteiger partial charge in [0.1, 0.15) is 11.9 Å². The Morgan fingerprint density at radius 3 is 2.79 bits per heavy atom. The van der Waals surface area contributed by atoms with Gasteiger partial charge in [0.15, 0.2) is 0 Å². The average molecular weight is 249 g/mol. The molecule has 0 radical (unpaired) electrons. The highest BCUT2D eigenvalue weighted by Gasteiger charge is 2.12. The zero-order valence-electron chi connectivity index (χ0n) is 10.7. The third kappa shape index (κ3) is 2.43. The van der Waals surface area contributed by atoms with E-state index in [-0.39, 0.29) is 0 Å². The SMILES string of the molecule is N#Cc1ccc(Nc2cccc3c2CCCC3)nc1. The monoisotopic (exact) mass is 249 g/mol.